The third-order valence-corrected chi connectivity index (χ3v) is 5.17. The Hall–Kier alpha value is -3.35. The van der Waals surface area contributed by atoms with Crippen molar-refractivity contribution in [1.29, 1.82) is 0 Å². The van der Waals surface area contributed by atoms with E-state index in [9.17, 15) is 14.4 Å². The van der Waals surface area contributed by atoms with Crippen molar-refractivity contribution in [3.05, 3.63) is 59.2 Å². The van der Waals surface area contributed by atoms with Gasteiger partial charge in [0, 0.05) is 12.1 Å². The molecule has 0 bridgehead atoms. The van der Waals surface area contributed by atoms with Gasteiger partial charge in [-0.05, 0) is 55.7 Å². The molecule has 2 aromatic rings. The van der Waals surface area contributed by atoms with Gasteiger partial charge in [-0.25, -0.2) is 4.79 Å². The van der Waals surface area contributed by atoms with Gasteiger partial charge in [-0.1, -0.05) is 24.3 Å². The van der Waals surface area contributed by atoms with E-state index < -0.39 is 23.4 Å². The third kappa shape index (κ3) is 4.23. The van der Waals surface area contributed by atoms with Crippen LogP contribution in [0.3, 0.4) is 0 Å². The van der Waals surface area contributed by atoms with E-state index in [0.29, 0.717) is 11.4 Å². The number of carbonyl (C=O) groups excluding carboxylic acids is 3. The Kier molecular flexibility index (Phi) is 5.59. The summed E-state index contributed by atoms with van der Waals surface area (Å²) in [5, 5.41) is 5.46. The Morgan fingerprint density at radius 3 is 2.55 bits per heavy atom. The van der Waals surface area contributed by atoms with Crippen LogP contribution in [-0.4, -0.2) is 41.9 Å². The fraction of sp³-hybridized carbons (Fsp3) is 0.318. The van der Waals surface area contributed by atoms with E-state index in [1.165, 1.54) is 0 Å². The van der Waals surface area contributed by atoms with Crippen LogP contribution < -0.4 is 15.4 Å². The summed E-state index contributed by atoms with van der Waals surface area (Å²) >= 11 is 0. The van der Waals surface area contributed by atoms with Gasteiger partial charge >= 0.3 is 6.03 Å². The maximum Gasteiger partial charge on any atom is 0.325 e. The molecule has 29 heavy (non-hydrogen) atoms. The topological polar surface area (TPSA) is 87.7 Å². The molecule has 152 valence electrons. The second kappa shape index (κ2) is 7.95. The lowest BCUT2D eigenvalue weighted by Gasteiger charge is -2.22. The van der Waals surface area contributed by atoms with Gasteiger partial charge in [0.15, 0.2) is 0 Å². The molecule has 1 heterocycles. The number of ether oxygens (including phenoxy) is 1. The van der Waals surface area contributed by atoms with Gasteiger partial charge < -0.3 is 15.4 Å². The van der Waals surface area contributed by atoms with Crippen molar-refractivity contribution in [3.8, 4) is 5.75 Å². The van der Waals surface area contributed by atoms with Crippen molar-refractivity contribution >= 4 is 23.5 Å². The number of nitrogens with zero attached hydrogens (tertiary/aromatic N) is 1. The van der Waals surface area contributed by atoms with Crippen LogP contribution >= 0.6 is 0 Å². The minimum absolute atomic E-state index is 0.261. The Morgan fingerprint density at radius 1 is 1.14 bits per heavy atom. The van der Waals surface area contributed by atoms with Crippen LogP contribution in [0.4, 0.5) is 10.5 Å². The fourth-order valence-electron chi connectivity index (χ4n) is 3.40. The molecule has 0 saturated carbocycles. The molecule has 1 aliphatic heterocycles. The lowest BCUT2D eigenvalue weighted by atomic mass is 9.92. The number of benzene rings is 2. The maximum absolute atomic E-state index is 13.0. The smallest absolute Gasteiger partial charge is 0.325 e. The Labute approximate surface area is 170 Å². The summed E-state index contributed by atoms with van der Waals surface area (Å²) in [5.74, 6) is -0.233. The number of methoxy groups -OCH3 is 1. The highest BCUT2D eigenvalue weighted by molar-refractivity contribution is 6.10. The van der Waals surface area contributed by atoms with Crippen molar-refractivity contribution in [1.82, 2.24) is 10.2 Å². The van der Waals surface area contributed by atoms with Gasteiger partial charge in [0.25, 0.3) is 5.91 Å². The fourth-order valence-corrected chi connectivity index (χ4v) is 3.40. The third-order valence-electron chi connectivity index (χ3n) is 5.17. The number of anilines is 1. The van der Waals surface area contributed by atoms with E-state index in [0.717, 1.165) is 21.6 Å². The molecule has 0 unspecified atom stereocenters. The first-order valence-electron chi connectivity index (χ1n) is 9.36. The van der Waals surface area contributed by atoms with Crippen LogP contribution in [0.5, 0.6) is 5.75 Å². The van der Waals surface area contributed by atoms with E-state index >= 15 is 0 Å². The molecule has 7 heteroatoms. The van der Waals surface area contributed by atoms with Crippen LogP contribution in [0.15, 0.2) is 42.5 Å². The molecule has 1 atom stereocenters. The van der Waals surface area contributed by atoms with Crippen molar-refractivity contribution in [2.75, 3.05) is 19.0 Å². The van der Waals surface area contributed by atoms with Crippen LogP contribution in [0.25, 0.3) is 0 Å². The average Bonchev–Trinajstić information content (AvgIpc) is 2.88. The zero-order valence-corrected chi connectivity index (χ0v) is 17.0. The predicted molar refractivity (Wildman–Crippen MR) is 110 cm³/mol. The normalized spacial score (nSPS) is 18.6. The van der Waals surface area contributed by atoms with Gasteiger partial charge in [0.1, 0.15) is 17.8 Å². The molecule has 0 spiro atoms. The standard InChI is InChI=1S/C22H25N3O4/c1-14-9-10-17(11-15(14)2)23-19(26)13-25-20(27)22(3,24-21(25)28)12-16-7-5-6-8-18(16)29-4/h5-11H,12-13H2,1-4H3,(H,23,26)(H,24,28)/t22-/m0/s1. The molecular weight excluding hydrogens is 370 g/mol. The summed E-state index contributed by atoms with van der Waals surface area (Å²) in [6.07, 6.45) is 0.261. The first-order chi connectivity index (χ1) is 13.7. The van der Waals surface area contributed by atoms with E-state index in [1.807, 2.05) is 44.2 Å². The number of imide groups is 1. The zero-order chi connectivity index (χ0) is 21.2. The second-order valence-corrected chi connectivity index (χ2v) is 7.49. The van der Waals surface area contributed by atoms with Crippen molar-refractivity contribution in [2.45, 2.75) is 32.7 Å². The van der Waals surface area contributed by atoms with Crippen molar-refractivity contribution < 1.29 is 19.1 Å². The van der Waals surface area contributed by atoms with Crippen molar-refractivity contribution in [3.63, 3.8) is 0 Å². The van der Waals surface area contributed by atoms with E-state index in [-0.39, 0.29) is 13.0 Å². The molecule has 0 radical (unpaired) electrons. The van der Waals surface area contributed by atoms with Gasteiger partial charge in [0.2, 0.25) is 5.91 Å². The largest absolute Gasteiger partial charge is 0.496 e. The van der Waals surface area contributed by atoms with Crippen LogP contribution in [-0.2, 0) is 16.0 Å². The maximum atomic E-state index is 13.0. The molecule has 3 rings (SSSR count). The quantitative estimate of drug-likeness (QED) is 0.737. The monoisotopic (exact) mass is 395 g/mol. The molecule has 0 aliphatic carbocycles. The summed E-state index contributed by atoms with van der Waals surface area (Å²) in [6.45, 7) is 5.24. The number of para-hydroxylation sites is 1. The Morgan fingerprint density at radius 2 is 1.86 bits per heavy atom. The molecule has 2 aromatic carbocycles. The minimum atomic E-state index is -1.15. The minimum Gasteiger partial charge on any atom is -0.496 e. The molecule has 1 saturated heterocycles. The highest BCUT2D eigenvalue weighted by atomic mass is 16.5. The number of carbonyl (C=O) groups is 3. The number of hydrogen-bond acceptors (Lipinski definition) is 4. The summed E-state index contributed by atoms with van der Waals surface area (Å²) in [5.41, 5.74) is 2.44. The van der Waals surface area contributed by atoms with Crippen LogP contribution in [0.1, 0.15) is 23.6 Å². The van der Waals surface area contributed by atoms with E-state index in [1.54, 1.807) is 26.2 Å². The lowest BCUT2D eigenvalue weighted by Crippen LogP contribution is -2.46. The number of aryl methyl sites for hydroxylation is 2. The summed E-state index contributed by atoms with van der Waals surface area (Å²) in [7, 11) is 1.56. The van der Waals surface area contributed by atoms with E-state index in [4.69, 9.17) is 4.74 Å². The second-order valence-electron chi connectivity index (χ2n) is 7.49. The van der Waals surface area contributed by atoms with Gasteiger partial charge in [-0.2, -0.15) is 0 Å². The highest BCUT2D eigenvalue weighted by Gasteiger charge is 2.48. The van der Waals surface area contributed by atoms with Crippen LogP contribution in [0.2, 0.25) is 0 Å². The lowest BCUT2D eigenvalue weighted by molar-refractivity contribution is -0.133. The van der Waals surface area contributed by atoms with Gasteiger partial charge in [-0.3, -0.25) is 14.5 Å². The van der Waals surface area contributed by atoms with Gasteiger partial charge in [0.05, 0.1) is 7.11 Å². The molecular formula is C22H25N3O4. The van der Waals surface area contributed by atoms with Crippen molar-refractivity contribution in [2.24, 2.45) is 0 Å². The molecule has 1 fully saturated rings. The SMILES string of the molecule is COc1ccccc1C[C@]1(C)NC(=O)N(CC(=O)Nc2ccc(C)c(C)c2)C1=O. The summed E-state index contributed by atoms with van der Waals surface area (Å²) < 4.78 is 5.34. The molecule has 0 aromatic heterocycles. The Balaban J connectivity index is 1.71. The molecule has 4 amide bonds. The number of hydrogen-bond donors (Lipinski definition) is 2. The van der Waals surface area contributed by atoms with Gasteiger partial charge in [-0.15, -0.1) is 0 Å². The predicted octanol–water partition coefficient (Wildman–Crippen LogP) is 2.80. The molecule has 1 aliphatic rings. The summed E-state index contributed by atoms with van der Waals surface area (Å²) in [6, 6.07) is 12.3. The van der Waals surface area contributed by atoms with E-state index in [2.05, 4.69) is 10.6 Å². The molecule has 7 nitrogen and oxygen atoms in total. The number of rotatable bonds is 6. The first kappa shape index (κ1) is 20.4. The highest BCUT2D eigenvalue weighted by Crippen LogP contribution is 2.27. The zero-order valence-electron chi connectivity index (χ0n) is 17.0. The molecule has 2 N–H and O–H groups in total. The first-order valence-corrected chi connectivity index (χ1v) is 9.36. The van der Waals surface area contributed by atoms with Crippen LogP contribution in [0, 0.1) is 13.8 Å². The number of urea groups is 1. The number of nitrogens with one attached hydrogen (secondary N) is 2. The summed E-state index contributed by atoms with van der Waals surface area (Å²) in [4.78, 5) is 38.7. The number of amides is 4. The average molecular weight is 395 g/mol. The Bertz CT molecular complexity index is 972.